The average molecular weight is 539 g/mol. The lowest BCUT2D eigenvalue weighted by molar-refractivity contribution is -0.155. The summed E-state index contributed by atoms with van der Waals surface area (Å²) in [7, 11) is 0. The first-order valence-electron chi connectivity index (χ1n) is 13.0. The number of anilines is 1. The third-order valence-electron chi connectivity index (χ3n) is 7.73. The quantitative estimate of drug-likeness (QED) is 0.337. The first kappa shape index (κ1) is 26.9. The number of aromatic amines is 1. The second kappa shape index (κ2) is 10.4. The summed E-state index contributed by atoms with van der Waals surface area (Å²) in [6.45, 7) is 3.90. The molecule has 206 valence electrons. The fraction of sp³-hybridized carbons (Fsp3) is 0.500. The zero-order chi connectivity index (χ0) is 27.2. The molecule has 4 nitrogen and oxygen atoms in total. The topological polar surface area (TPSA) is 34.3 Å². The van der Waals surface area contributed by atoms with Crippen molar-refractivity contribution in [3.05, 3.63) is 64.4 Å². The lowest BCUT2D eigenvalue weighted by atomic mass is 9.88. The Hall–Kier alpha value is -2.72. The number of nitrogens with one attached hydrogen (secondary N) is 2. The molecule has 3 aromatic rings. The molecule has 0 amide bonds. The molecule has 2 aliphatic rings. The van der Waals surface area contributed by atoms with E-state index in [0.717, 1.165) is 39.9 Å². The molecule has 38 heavy (non-hydrogen) atoms. The van der Waals surface area contributed by atoms with Gasteiger partial charge in [0.15, 0.2) is 0 Å². The highest BCUT2D eigenvalue weighted by Crippen LogP contribution is 2.44. The minimum absolute atomic E-state index is 0.0563. The van der Waals surface area contributed by atoms with Gasteiger partial charge in [-0.3, -0.25) is 9.29 Å². The van der Waals surface area contributed by atoms with Crippen molar-refractivity contribution in [3.8, 4) is 0 Å². The van der Waals surface area contributed by atoms with E-state index < -0.39 is 48.7 Å². The Morgan fingerprint density at radius 3 is 2.53 bits per heavy atom. The van der Waals surface area contributed by atoms with Gasteiger partial charge in [0.05, 0.1) is 19.3 Å². The van der Waals surface area contributed by atoms with Gasteiger partial charge in [0, 0.05) is 59.6 Å². The normalized spacial score (nSPS) is 22.8. The Morgan fingerprint density at radius 2 is 1.84 bits per heavy atom. The Morgan fingerprint density at radius 1 is 1.11 bits per heavy atom. The summed E-state index contributed by atoms with van der Waals surface area (Å²) in [5, 5.41) is 4.00. The monoisotopic (exact) mass is 538 g/mol. The molecule has 0 spiro atoms. The molecule has 1 aromatic heterocycles. The third kappa shape index (κ3) is 5.38. The van der Waals surface area contributed by atoms with E-state index in [1.165, 1.54) is 12.1 Å². The van der Waals surface area contributed by atoms with Gasteiger partial charge >= 0.3 is 6.18 Å². The second-order valence-electron chi connectivity index (χ2n) is 10.6. The summed E-state index contributed by atoms with van der Waals surface area (Å²) in [6, 6.07) is 6.13. The first-order chi connectivity index (χ1) is 18.0. The molecule has 5 rings (SSSR count). The van der Waals surface area contributed by atoms with Crippen molar-refractivity contribution >= 4 is 16.6 Å². The minimum Gasteiger partial charge on any atom is -0.381 e. The maximum Gasteiger partial charge on any atom is 0.401 e. The largest absolute Gasteiger partial charge is 0.401 e. The summed E-state index contributed by atoms with van der Waals surface area (Å²) >= 11 is 0. The predicted molar refractivity (Wildman–Crippen MR) is 136 cm³/mol. The molecule has 0 aliphatic carbocycles. The lowest BCUT2D eigenvalue weighted by Crippen LogP contribution is -2.47. The van der Waals surface area contributed by atoms with E-state index in [1.807, 2.05) is 25.1 Å². The van der Waals surface area contributed by atoms with Crippen LogP contribution in [0.4, 0.5) is 32.0 Å². The number of rotatable bonds is 7. The van der Waals surface area contributed by atoms with Gasteiger partial charge in [-0.2, -0.15) is 13.2 Å². The second-order valence-corrected chi connectivity index (χ2v) is 10.6. The maximum atomic E-state index is 15.7. The number of likely N-dealkylation sites (tertiary alicyclic amines) is 1. The summed E-state index contributed by atoms with van der Waals surface area (Å²) in [6.07, 6.45) is -3.03. The van der Waals surface area contributed by atoms with Crippen LogP contribution >= 0.6 is 0 Å². The van der Waals surface area contributed by atoms with Crippen molar-refractivity contribution in [2.45, 2.75) is 57.4 Å². The Bertz CT molecular complexity index is 1280. The number of aromatic nitrogens is 1. The van der Waals surface area contributed by atoms with Crippen molar-refractivity contribution in [2.24, 2.45) is 0 Å². The standard InChI is InChI=1S/C28H32F6N4/c1-16-4-5-20-21-11-17(2)38(15-28(32,33)34)27(26(21)36-24(20)10-16)25-22(30)12-19(13-23(25)31)35-18-6-9-37(14-18)8-3-7-29/h4-5,10,12-13,17-18,27,35-36H,3,6-9,11,14-15H2,1-2H3/t17-,18+,27-/m1/s1. The molecule has 0 bridgehead atoms. The molecule has 1 fully saturated rings. The number of hydrogen-bond donors (Lipinski definition) is 2. The van der Waals surface area contributed by atoms with Crippen LogP contribution in [0.15, 0.2) is 30.3 Å². The van der Waals surface area contributed by atoms with Crippen LogP contribution in [0, 0.1) is 18.6 Å². The van der Waals surface area contributed by atoms with E-state index in [2.05, 4.69) is 15.2 Å². The van der Waals surface area contributed by atoms with E-state index in [0.29, 0.717) is 31.6 Å². The molecule has 10 heteroatoms. The Balaban J connectivity index is 1.52. The minimum atomic E-state index is -4.54. The number of alkyl halides is 4. The Labute approximate surface area is 218 Å². The summed E-state index contributed by atoms with van der Waals surface area (Å²) in [5.74, 6) is -1.79. The SMILES string of the molecule is Cc1ccc2c3c([nH]c2c1)[C@@H](c1c(F)cc(N[C@H]2CCN(CCCF)C2)cc1F)N(CC(F)(F)F)[C@H](C)C3. The van der Waals surface area contributed by atoms with Crippen LogP contribution in [-0.4, -0.2) is 65.9 Å². The highest BCUT2D eigenvalue weighted by atomic mass is 19.4. The van der Waals surface area contributed by atoms with Gasteiger partial charge < -0.3 is 15.2 Å². The highest BCUT2D eigenvalue weighted by molar-refractivity contribution is 5.86. The van der Waals surface area contributed by atoms with E-state index in [4.69, 9.17) is 0 Å². The van der Waals surface area contributed by atoms with Gasteiger partial charge in [-0.05, 0) is 62.4 Å². The summed E-state index contributed by atoms with van der Waals surface area (Å²) in [5.41, 5.74) is 2.73. The van der Waals surface area contributed by atoms with Crippen molar-refractivity contribution in [1.82, 2.24) is 14.8 Å². The molecule has 2 aliphatic heterocycles. The van der Waals surface area contributed by atoms with Crippen molar-refractivity contribution in [3.63, 3.8) is 0 Å². The predicted octanol–water partition coefficient (Wildman–Crippen LogP) is 6.50. The molecule has 2 N–H and O–H groups in total. The molecule has 3 heterocycles. The number of nitrogens with zero attached hydrogens (tertiary/aromatic N) is 2. The van der Waals surface area contributed by atoms with E-state index in [9.17, 15) is 17.6 Å². The van der Waals surface area contributed by atoms with Gasteiger partial charge in [-0.25, -0.2) is 8.78 Å². The van der Waals surface area contributed by atoms with Crippen molar-refractivity contribution in [1.29, 1.82) is 0 Å². The first-order valence-corrected chi connectivity index (χ1v) is 13.0. The number of H-pyrrole nitrogens is 1. The molecule has 0 saturated carbocycles. The zero-order valence-electron chi connectivity index (χ0n) is 21.4. The van der Waals surface area contributed by atoms with Gasteiger partial charge in [0.25, 0.3) is 0 Å². The molecule has 2 aromatic carbocycles. The van der Waals surface area contributed by atoms with Gasteiger partial charge in [-0.1, -0.05) is 12.1 Å². The van der Waals surface area contributed by atoms with Crippen molar-refractivity contribution < 1.29 is 26.3 Å². The van der Waals surface area contributed by atoms with Crippen LogP contribution in [0.2, 0.25) is 0 Å². The fourth-order valence-corrected chi connectivity index (χ4v) is 6.04. The molecule has 3 atom stereocenters. The average Bonchev–Trinajstić information content (AvgIpc) is 3.41. The summed E-state index contributed by atoms with van der Waals surface area (Å²) in [4.78, 5) is 6.43. The molecule has 0 radical (unpaired) electrons. The number of benzene rings is 2. The van der Waals surface area contributed by atoms with Crippen LogP contribution in [0.1, 0.15) is 48.2 Å². The zero-order valence-corrected chi connectivity index (χ0v) is 21.4. The van der Waals surface area contributed by atoms with Crippen LogP contribution in [0.25, 0.3) is 10.9 Å². The van der Waals surface area contributed by atoms with Crippen LogP contribution in [-0.2, 0) is 6.42 Å². The number of aryl methyl sites for hydroxylation is 1. The van der Waals surface area contributed by atoms with Crippen LogP contribution < -0.4 is 5.32 Å². The summed E-state index contributed by atoms with van der Waals surface area (Å²) < 4.78 is 84.9. The van der Waals surface area contributed by atoms with Gasteiger partial charge in [0.2, 0.25) is 0 Å². The smallest absolute Gasteiger partial charge is 0.381 e. The number of fused-ring (bicyclic) bond motifs is 3. The number of halogens is 6. The fourth-order valence-electron chi connectivity index (χ4n) is 6.04. The third-order valence-corrected chi connectivity index (χ3v) is 7.73. The van der Waals surface area contributed by atoms with E-state index in [-0.39, 0.29) is 11.7 Å². The molecule has 1 saturated heterocycles. The lowest BCUT2D eigenvalue weighted by Gasteiger charge is -2.41. The van der Waals surface area contributed by atoms with Gasteiger partial charge in [0.1, 0.15) is 11.6 Å². The van der Waals surface area contributed by atoms with Gasteiger partial charge in [-0.15, -0.1) is 0 Å². The molecule has 0 unspecified atom stereocenters. The van der Waals surface area contributed by atoms with Crippen molar-refractivity contribution in [2.75, 3.05) is 38.2 Å². The van der Waals surface area contributed by atoms with E-state index in [1.54, 1.807) is 6.92 Å². The van der Waals surface area contributed by atoms with E-state index >= 15 is 8.78 Å². The maximum absolute atomic E-state index is 15.7. The van der Waals surface area contributed by atoms with Crippen LogP contribution in [0.5, 0.6) is 0 Å². The highest BCUT2D eigenvalue weighted by Gasteiger charge is 2.43. The molecular formula is C28H32F6N4. The number of hydrogen-bond acceptors (Lipinski definition) is 3. The Kier molecular flexibility index (Phi) is 7.39. The molecular weight excluding hydrogens is 506 g/mol. The van der Waals surface area contributed by atoms with Crippen LogP contribution in [0.3, 0.4) is 0 Å².